The maximum Gasteiger partial charge on any atom is 0.303 e. The number of hydrogen-bond acceptors (Lipinski definition) is 5. The predicted molar refractivity (Wildman–Crippen MR) is 131 cm³/mol. The fraction of sp³-hybridized carbons (Fsp3) is 0.320. The lowest BCUT2D eigenvalue weighted by Gasteiger charge is -2.27. The summed E-state index contributed by atoms with van der Waals surface area (Å²) in [5.74, 6) is -0.732. The summed E-state index contributed by atoms with van der Waals surface area (Å²) in [6.07, 6.45) is 1.74. The number of carbonyl (C=O) groups is 1. The molecule has 162 valence electrons. The van der Waals surface area contributed by atoms with Crippen LogP contribution in [0.1, 0.15) is 33.1 Å². The number of aliphatic carboxylic acids is 1. The second-order valence-corrected chi connectivity index (χ2v) is 8.78. The van der Waals surface area contributed by atoms with Crippen LogP contribution in [-0.4, -0.2) is 30.7 Å². The van der Waals surface area contributed by atoms with Gasteiger partial charge in [-0.05, 0) is 51.0 Å². The summed E-state index contributed by atoms with van der Waals surface area (Å²) < 4.78 is 0. The Morgan fingerprint density at radius 1 is 1.03 bits per heavy atom. The molecule has 31 heavy (non-hydrogen) atoms. The van der Waals surface area contributed by atoms with Gasteiger partial charge < -0.3 is 20.6 Å². The third-order valence-electron chi connectivity index (χ3n) is 5.71. The summed E-state index contributed by atoms with van der Waals surface area (Å²) in [4.78, 5) is 15.5. The Kier molecular flexibility index (Phi) is 6.56. The number of unbranched alkanes of at least 4 members (excludes halogenated alkanes) is 1. The van der Waals surface area contributed by atoms with Crippen molar-refractivity contribution in [1.82, 2.24) is 0 Å². The molecule has 6 heteroatoms. The first-order chi connectivity index (χ1) is 15.1. The van der Waals surface area contributed by atoms with Crippen molar-refractivity contribution < 1.29 is 9.90 Å². The maximum atomic E-state index is 10.7. The van der Waals surface area contributed by atoms with Crippen LogP contribution in [0.2, 0.25) is 0 Å². The van der Waals surface area contributed by atoms with Gasteiger partial charge in [-0.15, -0.1) is 0 Å². The van der Waals surface area contributed by atoms with Crippen molar-refractivity contribution in [1.29, 1.82) is 0 Å². The highest BCUT2D eigenvalue weighted by molar-refractivity contribution is 7.99. The van der Waals surface area contributed by atoms with Gasteiger partial charge >= 0.3 is 5.97 Å². The Balaban J connectivity index is 1.62. The predicted octanol–water partition coefficient (Wildman–Crippen LogP) is 6.56. The van der Waals surface area contributed by atoms with Gasteiger partial charge in [0.25, 0.3) is 0 Å². The minimum atomic E-state index is -0.732. The molecule has 0 atom stereocenters. The Morgan fingerprint density at radius 3 is 2.55 bits per heavy atom. The van der Waals surface area contributed by atoms with E-state index in [9.17, 15) is 4.79 Å². The minimum Gasteiger partial charge on any atom is -0.481 e. The molecule has 4 rings (SSSR count). The molecule has 0 spiro atoms. The van der Waals surface area contributed by atoms with Crippen molar-refractivity contribution in [3.8, 4) is 0 Å². The second-order valence-electron chi connectivity index (χ2n) is 7.70. The van der Waals surface area contributed by atoms with Crippen molar-refractivity contribution in [3.05, 3.63) is 48.5 Å². The zero-order valence-corrected chi connectivity index (χ0v) is 18.9. The van der Waals surface area contributed by atoms with Gasteiger partial charge in [-0.25, -0.2) is 0 Å². The van der Waals surface area contributed by atoms with E-state index in [2.05, 4.69) is 77.9 Å². The van der Waals surface area contributed by atoms with E-state index in [4.69, 9.17) is 5.11 Å². The molecule has 3 aromatic rings. The van der Waals surface area contributed by atoms with Gasteiger partial charge in [0.2, 0.25) is 0 Å². The minimum absolute atomic E-state index is 0.220. The number of fused-ring (bicyclic) bond motifs is 4. The summed E-state index contributed by atoms with van der Waals surface area (Å²) in [5, 5.41) is 18.4. The molecule has 0 radical (unpaired) electrons. The molecule has 1 aliphatic heterocycles. The summed E-state index contributed by atoms with van der Waals surface area (Å²) >= 11 is 1.80. The van der Waals surface area contributed by atoms with E-state index in [0.29, 0.717) is 6.42 Å². The van der Waals surface area contributed by atoms with Crippen LogP contribution in [0.15, 0.2) is 58.3 Å². The van der Waals surface area contributed by atoms with Crippen LogP contribution in [0.4, 0.5) is 22.7 Å². The smallest absolute Gasteiger partial charge is 0.303 e. The molecular formula is C25H29N3O2S. The Morgan fingerprint density at radius 2 is 1.81 bits per heavy atom. The molecule has 1 heterocycles. The molecule has 0 saturated heterocycles. The second kappa shape index (κ2) is 9.52. The van der Waals surface area contributed by atoms with Crippen LogP contribution >= 0.6 is 11.8 Å². The van der Waals surface area contributed by atoms with E-state index in [1.807, 2.05) is 0 Å². The zero-order valence-electron chi connectivity index (χ0n) is 18.1. The van der Waals surface area contributed by atoms with Gasteiger partial charge in [-0.3, -0.25) is 4.79 Å². The van der Waals surface area contributed by atoms with Crippen molar-refractivity contribution in [2.45, 2.75) is 42.9 Å². The molecule has 0 aromatic heterocycles. The molecule has 0 saturated carbocycles. The molecule has 3 aromatic carbocycles. The number of anilines is 4. The number of rotatable bonds is 9. The first-order valence-electron chi connectivity index (χ1n) is 11.0. The molecule has 0 amide bonds. The van der Waals surface area contributed by atoms with Gasteiger partial charge in [-0.1, -0.05) is 36.0 Å². The highest BCUT2D eigenvalue weighted by atomic mass is 32.2. The highest BCUT2D eigenvalue weighted by Gasteiger charge is 2.21. The molecule has 5 nitrogen and oxygen atoms in total. The lowest BCUT2D eigenvalue weighted by molar-refractivity contribution is -0.137. The normalized spacial score (nSPS) is 12.1. The lowest BCUT2D eigenvalue weighted by Crippen LogP contribution is -2.21. The van der Waals surface area contributed by atoms with Crippen molar-refractivity contribution in [3.63, 3.8) is 0 Å². The van der Waals surface area contributed by atoms with Crippen molar-refractivity contribution in [2.24, 2.45) is 0 Å². The third-order valence-corrected chi connectivity index (χ3v) is 6.81. The van der Waals surface area contributed by atoms with E-state index in [1.165, 1.54) is 26.3 Å². The molecule has 3 N–H and O–H groups in total. The summed E-state index contributed by atoms with van der Waals surface area (Å²) in [5.41, 5.74) is 4.65. The van der Waals surface area contributed by atoms with Crippen LogP contribution in [-0.2, 0) is 4.79 Å². The third kappa shape index (κ3) is 4.59. The monoisotopic (exact) mass is 435 g/mol. The Hall–Kier alpha value is -2.86. The van der Waals surface area contributed by atoms with Gasteiger partial charge in [0.15, 0.2) is 0 Å². The van der Waals surface area contributed by atoms with Crippen molar-refractivity contribution in [2.75, 3.05) is 35.2 Å². The van der Waals surface area contributed by atoms with Crippen molar-refractivity contribution >= 4 is 51.3 Å². The Labute approximate surface area is 187 Å². The van der Waals surface area contributed by atoms with E-state index in [-0.39, 0.29) is 6.42 Å². The summed E-state index contributed by atoms with van der Waals surface area (Å²) in [7, 11) is 0. The van der Waals surface area contributed by atoms with Gasteiger partial charge in [0.1, 0.15) is 0 Å². The quantitative estimate of drug-likeness (QED) is 0.259. The highest BCUT2D eigenvalue weighted by Crippen LogP contribution is 2.49. The lowest BCUT2D eigenvalue weighted by atomic mass is 10.1. The first-order valence-corrected chi connectivity index (χ1v) is 11.8. The number of nitrogens with one attached hydrogen (secondary N) is 2. The van der Waals surface area contributed by atoms with Crippen LogP contribution in [0.3, 0.4) is 0 Å². The standard InChI is InChI=1S/C25H29N3O2S/c1-3-28(4-2)17-12-13-20-22(15-17)31-23-16-21(26-14-8-7-11-24(29)30)18-9-5-6-10-19(18)25(23)27-20/h5-6,9-10,12-13,15-16,26-27H,3-4,7-8,11,14H2,1-2H3,(H,29,30). The van der Waals surface area contributed by atoms with E-state index >= 15 is 0 Å². The molecule has 0 unspecified atom stereocenters. The number of carboxylic acid groups (broad SMARTS) is 1. The van der Waals surface area contributed by atoms with Crippen LogP contribution in [0.5, 0.6) is 0 Å². The molecule has 0 bridgehead atoms. The maximum absolute atomic E-state index is 10.7. The molecule has 0 aliphatic carbocycles. The zero-order chi connectivity index (χ0) is 21.8. The fourth-order valence-corrected chi connectivity index (χ4v) is 5.15. The van der Waals surface area contributed by atoms with Crippen LogP contribution in [0.25, 0.3) is 10.8 Å². The SMILES string of the molecule is CCN(CC)c1ccc2c(c1)Sc1cc(NCCCCC(=O)O)c3ccccc3c1N2. The van der Waals surface area contributed by atoms with Crippen LogP contribution in [0, 0.1) is 0 Å². The molecule has 0 fully saturated rings. The summed E-state index contributed by atoms with van der Waals surface area (Å²) in [6.45, 7) is 7.11. The average molecular weight is 436 g/mol. The molecule has 1 aliphatic rings. The van der Waals surface area contributed by atoms with E-state index in [1.54, 1.807) is 11.8 Å². The first kappa shape index (κ1) is 21.4. The fourth-order valence-electron chi connectivity index (χ4n) is 4.07. The van der Waals surface area contributed by atoms with E-state index < -0.39 is 5.97 Å². The van der Waals surface area contributed by atoms with Gasteiger partial charge in [0, 0.05) is 58.0 Å². The number of hydrogen-bond donors (Lipinski definition) is 3. The number of nitrogens with zero attached hydrogens (tertiary/aromatic N) is 1. The Bertz CT molecular complexity index is 1100. The topological polar surface area (TPSA) is 64.6 Å². The summed E-state index contributed by atoms with van der Waals surface area (Å²) in [6, 6.07) is 17.3. The number of benzene rings is 3. The van der Waals surface area contributed by atoms with Crippen LogP contribution < -0.4 is 15.5 Å². The molecular weight excluding hydrogens is 406 g/mol. The van der Waals surface area contributed by atoms with Gasteiger partial charge in [0.05, 0.1) is 11.4 Å². The average Bonchev–Trinajstić information content (AvgIpc) is 2.78. The number of carboxylic acids is 1. The van der Waals surface area contributed by atoms with Gasteiger partial charge in [-0.2, -0.15) is 0 Å². The van der Waals surface area contributed by atoms with E-state index in [0.717, 1.165) is 43.1 Å². The largest absolute Gasteiger partial charge is 0.481 e.